The van der Waals surface area contributed by atoms with Gasteiger partial charge in [-0.05, 0) is 31.2 Å². The summed E-state index contributed by atoms with van der Waals surface area (Å²) in [4.78, 5) is 27.9. The second kappa shape index (κ2) is 8.49. The van der Waals surface area contributed by atoms with Crippen LogP contribution >= 0.6 is 11.3 Å². The number of anilines is 1. The number of nitro benzene ring substituents is 1. The molecule has 0 aliphatic heterocycles. The van der Waals surface area contributed by atoms with Gasteiger partial charge in [0.15, 0.2) is 5.75 Å². The minimum Gasteiger partial charge on any atom is -0.490 e. The molecule has 3 aromatic rings. The van der Waals surface area contributed by atoms with Crippen LogP contribution in [-0.2, 0) is 6.61 Å². The van der Waals surface area contributed by atoms with Crippen LogP contribution in [0.5, 0.6) is 11.5 Å². The van der Waals surface area contributed by atoms with E-state index in [4.69, 9.17) is 9.47 Å². The number of hydrogen-bond donors (Lipinski definition) is 1. The lowest BCUT2D eigenvalue weighted by Gasteiger charge is -2.06. The summed E-state index contributed by atoms with van der Waals surface area (Å²) in [5.41, 5.74) is 0.642. The topological polar surface area (TPSA) is 104 Å². The number of nitrogens with one attached hydrogen (secondary N) is 1. The molecule has 2 aromatic carbocycles. The van der Waals surface area contributed by atoms with Crippen molar-refractivity contribution in [3.63, 3.8) is 0 Å². The van der Waals surface area contributed by atoms with Crippen LogP contribution < -0.4 is 14.8 Å². The van der Waals surface area contributed by atoms with Crippen molar-refractivity contribution >= 4 is 28.6 Å². The molecule has 1 N–H and O–H groups in total. The van der Waals surface area contributed by atoms with E-state index in [1.54, 1.807) is 13.0 Å². The molecule has 0 spiro atoms. The minimum absolute atomic E-state index is 0.123. The van der Waals surface area contributed by atoms with E-state index >= 15 is 0 Å². The van der Waals surface area contributed by atoms with Crippen LogP contribution in [0.3, 0.4) is 0 Å². The number of amides is 1. The smallest absolute Gasteiger partial charge is 0.312 e. The minimum atomic E-state index is -0.564. The van der Waals surface area contributed by atoms with Crippen LogP contribution in [0.1, 0.15) is 20.4 Å². The van der Waals surface area contributed by atoms with Crippen LogP contribution in [-0.4, -0.2) is 22.9 Å². The quantitative estimate of drug-likeness (QED) is 0.472. The van der Waals surface area contributed by atoms with Crippen molar-refractivity contribution in [2.45, 2.75) is 13.5 Å². The summed E-state index contributed by atoms with van der Waals surface area (Å²) in [6, 6.07) is 13.5. The summed E-state index contributed by atoms with van der Waals surface area (Å²) < 4.78 is 10.6. The van der Waals surface area contributed by atoms with Gasteiger partial charge in [-0.15, -0.1) is 11.3 Å². The third kappa shape index (κ3) is 4.44. The molecular weight excluding hydrogens is 382 g/mol. The van der Waals surface area contributed by atoms with E-state index in [9.17, 15) is 14.9 Å². The van der Waals surface area contributed by atoms with E-state index in [2.05, 4.69) is 10.3 Å². The zero-order valence-corrected chi connectivity index (χ0v) is 16.0. The maximum Gasteiger partial charge on any atom is 0.312 e. The predicted molar refractivity (Wildman–Crippen MR) is 105 cm³/mol. The van der Waals surface area contributed by atoms with E-state index in [1.165, 1.54) is 30.6 Å². The summed E-state index contributed by atoms with van der Waals surface area (Å²) in [6.07, 6.45) is 0. The number of nitrogens with zero attached hydrogens (tertiary/aromatic N) is 2. The molecule has 3 rings (SSSR count). The first-order chi connectivity index (χ1) is 13.5. The van der Waals surface area contributed by atoms with E-state index in [-0.39, 0.29) is 24.0 Å². The lowest BCUT2D eigenvalue weighted by Crippen LogP contribution is -2.11. The number of aryl methyl sites for hydroxylation is 1. The van der Waals surface area contributed by atoms with Gasteiger partial charge >= 0.3 is 5.69 Å². The molecule has 0 radical (unpaired) electrons. The fraction of sp³-hybridized carbons (Fsp3) is 0.158. The molecule has 0 fully saturated rings. The molecule has 0 atom stereocenters. The van der Waals surface area contributed by atoms with Crippen molar-refractivity contribution in [3.05, 3.63) is 74.2 Å². The van der Waals surface area contributed by atoms with Crippen LogP contribution in [0.25, 0.3) is 0 Å². The number of hydrogen-bond acceptors (Lipinski definition) is 7. The number of ether oxygens (including phenoxy) is 2. The number of methoxy groups -OCH3 is 1. The zero-order valence-electron chi connectivity index (χ0n) is 15.2. The molecule has 0 aliphatic carbocycles. The maximum atomic E-state index is 12.6. The van der Waals surface area contributed by atoms with Gasteiger partial charge in [0, 0.05) is 11.8 Å². The van der Waals surface area contributed by atoms with Crippen LogP contribution in [0.4, 0.5) is 11.4 Å². The van der Waals surface area contributed by atoms with Crippen molar-refractivity contribution in [1.29, 1.82) is 0 Å². The normalized spacial score (nSPS) is 10.4. The molecule has 0 bridgehead atoms. The highest BCUT2D eigenvalue weighted by Crippen LogP contribution is 2.30. The van der Waals surface area contributed by atoms with Gasteiger partial charge in [-0.1, -0.05) is 18.2 Å². The largest absolute Gasteiger partial charge is 0.490 e. The SMILES string of the molecule is COc1ccc(NC(=O)c2sc(COc3ccccc3)nc2C)cc1[N+](=O)[O-]. The first-order valence-corrected chi connectivity index (χ1v) is 9.07. The van der Waals surface area contributed by atoms with Gasteiger partial charge in [0.05, 0.1) is 17.7 Å². The van der Waals surface area contributed by atoms with Gasteiger partial charge in [-0.25, -0.2) is 4.98 Å². The number of nitro groups is 1. The summed E-state index contributed by atoms with van der Waals surface area (Å²) >= 11 is 1.22. The summed E-state index contributed by atoms with van der Waals surface area (Å²) in [7, 11) is 1.35. The van der Waals surface area contributed by atoms with E-state index in [0.717, 1.165) is 0 Å². The van der Waals surface area contributed by atoms with E-state index in [0.29, 0.717) is 27.0 Å². The Balaban J connectivity index is 1.72. The third-order valence-electron chi connectivity index (χ3n) is 3.79. The Morgan fingerprint density at radius 3 is 2.68 bits per heavy atom. The van der Waals surface area contributed by atoms with Crippen LogP contribution in [0, 0.1) is 17.0 Å². The molecule has 9 heteroatoms. The molecule has 0 saturated heterocycles. The monoisotopic (exact) mass is 399 g/mol. The first-order valence-electron chi connectivity index (χ1n) is 8.26. The Morgan fingerprint density at radius 2 is 2.00 bits per heavy atom. The van der Waals surface area contributed by atoms with Gasteiger partial charge in [-0.3, -0.25) is 14.9 Å². The van der Waals surface area contributed by atoms with Crippen LogP contribution in [0.15, 0.2) is 48.5 Å². The Hall–Kier alpha value is -3.46. The van der Waals surface area contributed by atoms with Crippen molar-refractivity contribution in [2.75, 3.05) is 12.4 Å². The van der Waals surface area contributed by atoms with E-state index < -0.39 is 4.92 Å². The number of para-hydroxylation sites is 1. The zero-order chi connectivity index (χ0) is 20.1. The predicted octanol–water partition coefficient (Wildman–Crippen LogP) is 4.20. The highest BCUT2D eigenvalue weighted by atomic mass is 32.1. The van der Waals surface area contributed by atoms with Crippen molar-refractivity contribution in [2.24, 2.45) is 0 Å². The molecule has 0 aliphatic rings. The van der Waals surface area contributed by atoms with Gasteiger partial charge in [-0.2, -0.15) is 0 Å². The number of carbonyl (C=O) groups excluding carboxylic acids is 1. The number of benzene rings is 2. The first kappa shape index (κ1) is 19.3. The average molecular weight is 399 g/mol. The number of aromatic nitrogens is 1. The molecule has 1 heterocycles. The highest BCUT2D eigenvalue weighted by molar-refractivity contribution is 7.13. The Labute approximate surface area is 164 Å². The van der Waals surface area contributed by atoms with Gasteiger partial charge < -0.3 is 14.8 Å². The van der Waals surface area contributed by atoms with Gasteiger partial charge in [0.2, 0.25) is 0 Å². The highest BCUT2D eigenvalue weighted by Gasteiger charge is 2.19. The fourth-order valence-corrected chi connectivity index (χ4v) is 3.36. The Bertz CT molecular complexity index is 1000. The molecule has 8 nitrogen and oxygen atoms in total. The number of carbonyl (C=O) groups is 1. The molecule has 28 heavy (non-hydrogen) atoms. The molecule has 1 aromatic heterocycles. The lowest BCUT2D eigenvalue weighted by molar-refractivity contribution is -0.385. The second-order valence-corrected chi connectivity index (χ2v) is 6.81. The number of thiazole rings is 1. The summed E-state index contributed by atoms with van der Waals surface area (Å²) in [5, 5.41) is 14.4. The Kier molecular flexibility index (Phi) is 5.85. The molecule has 0 saturated carbocycles. The average Bonchev–Trinajstić information content (AvgIpc) is 3.08. The summed E-state index contributed by atoms with van der Waals surface area (Å²) in [6.45, 7) is 1.98. The van der Waals surface area contributed by atoms with Crippen molar-refractivity contribution in [3.8, 4) is 11.5 Å². The standard InChI is InChI=1S/C19H17N3O5S/c1-12-18(28-17(20-12)11-27-14-6-4-3-5-7-14)19(23)21-13-8-9-16(26-2)15(10-13)22(24)25/h3-10H,11H2,1-2H3,(H,21,23). The van der Waals surface area contributed by atoms with Crippen molar-refractivity contribution in [1.82, 2.24) is 4.98 Å². The fourth-order valence-electron chi connectivity index (χ4n) is 2.48. The van der Waals surface area contributed by atoms with Gasteiger partial charge in [0.1, 0.15) is 22.2 Å². The third-order valence-corrected chi connectivity index (χ3v) is 4.92. The number of rotatable bonds is 7. The van der Waals surface area contributed by atoms with Crippen LogP contribution in [0.2, 0.25) is 0 Å². The summed E-state index contributed by atoms with van der Waals surface area (Å²) in [5.74, 6) is 0.449. The Morgan fingerprint density at radius 1 is 1.25 bits per heavy atom. The molecule has 144 valence electrons. The van der Waals surface area contributed by atoms with Gasteiger partial charge in [0.25, 0.3) is 5.91 Å². The van der Waals surface area contributed by atoms with E-state index in [1.807, 2.05) is 30.3 Å². The second-order valence-electron chi connectivity index (χ2n) is 5.72. The molecule has 1 amide bonds. The lowest BCUT2D eigenvalue weighted by atomic mass is 10.2. The molecular formula is C19H17N3O5S. The maximum absolute atomic E-state index is 12.6. The molecule has 0 unspecified atom stereocenters. The van der Waals surface area contributed by atoms with Crippen molar-refractivity contribution < 1.29 is 19.2 Å².